The Labute approximate surface area is 173 Å². The minimum atomic E-state index is -1.44. The van der Waals surface area contributed by atoms with Crippen LogP contribution in [-0.4, -0.2) is 93.9 Å². The minimum absolute atomic E-state index is 0.127. The monoisotopic (exact) mass is 436 g/mol. The Morgan fingerprint density at radius 3 is 2.50 bits per heavy atom. The van der Waals surface area contributed by atoms with Crippen LogP contribution in [0.2, 0.25) is 0 Å². The van der Waals surface area contributed by atoms with Crippen LogP contribution in [0.5, 0.6) is 0 Å². The van der Waals surface area contributed by atoms with Crippen LogP contribution in [-0.2, 0) is 19.2 Å². The summed E-state index contributed by atoms with van der Waals surface area (Å²) < 4.78 is 0. The fourth-order valence-corrected chi connectivity index (χ4v) is 3.45. The van der Waals surface area contributed by atoms with Gasteiger partial charge in [-0.3, -0.25) is 14.4 Å². The summed E-state index contributed by atoms with van der Waals surface area (Å²) in [5.74, 6) is -2.18. The van der Waals surface area contributed by atoms with Gasteiger partial charge in [-0.25, -0.2) is 4.79 Å². The molecule has 160 valence electrons. The van der Waals surface area contributed by atoms with Crippen molar-refractivity contribution in [2.75, 3.05) is 30.9 Å². The second-order valence-corrected chi connectivity index (χ2v) is 7.75. The minimum Gasteiger partial charge on any atom is -0.480 e. The first-order chi connectivity index (χ1) is 13.3. The largest absolute Gasteiger partial charge is 0.480 e. The van der Waals surface area contributed by atoms with Gasteiger partial charge in [0.15, 0.2) is 0 Å². The van der Waals surface area contributed by atoms with E-state index in [0.717, 1.165) is 0 Å². The van der Waals surface area contributed by atoms with Crippen LogP contribution < -0.4 is 16.4 Å². The molecule has 1 saturated heterocycles. The number of hydrogen-bond acceptors (Lipinski definition) is 8. The highest BCUT2D eigenvalue weighted by Gasteiger charge is 2.38. The number of nitrogens with zero attached hydrogens (tertiary/aromatic N) is 1. The van der Waals surface area contributed by atoms with E-state index in [1.165, 1.54) is 16.7 Å². The maximum atomic E-state index is 13.0. The molecule has 0 saturated carbocycles. The number of nitrogens with one attached hydrogen (secondary N) is 2. The third-order valence-corrected chi connectivity index (χ3v) is 5.43. The number of aliphatic hydroxyl groups is 1. The topological polar surface area (TPSA) is 162 Å². The number of carboxylic acids is 1. The lowest BCUT2D eigenvalue weighted by atomic mass is 10.1. The Morgan fingerprint density at radius 1 is 1.29 bits per heavy atom. The quantitative estimate of drug-likeness (QED) is 0.203. The first-order valence-corrected chi connectivity index (χ1v) is 10.9. The van der Waals surface area contributed by atoms with Gasteiger partial charge in [0.25, 0.3) is 0 Å². The molecule has 1 aliphatic heterocycles. The van der Waals surface area contributed by atoms with Crippen molar-refractivity contribution in [3.05, 3.63) is 0 Å². The van der Waals surface area contributed by atoms with Crippen molar-refractivity contribution < 1.29 is 29.4 Å². The van der Waals surface area contributed by atoms with Crippen LogP contribution in [0.1, 0.15) is 19.3 Å². The number of likely N-dealkylation sites (tertiary alicyclic amines) is 1. The highest BCUT2D eigenvalue weighted by molar-refractivity contribution is 7.98. The van der Waals surface area contributed by atoms with Crippen molar-refractivity contribution in [1.29, 1.82) is 0 Å². The van der Waals surface area contributed by atoms with Gasteiger partial charge in [0.1, 0.15) is 18.1 Å². The van der Waals surface area contributed by atoms with Crippen molar-refractivity contribution in [2.24, 2.45) is 5.73 Å². The average Bonchev–Trinajstić information content (AvgIpc) is 3.17. The second-order valence-electron chi connectivity index (χ2n) is 6.40. The van der Waals surface area contributed by atoms with Gasteiger partial charge in [-0.1, -0.05) is 0 Å². The zero-order valence-corrected chi connectivity index (χ0v) is 17.4. The number of nitrogens with two attached hydrogens (primary N) is 1. The number of aliphatic carboxylic acids is 1. The number of amides is 3. The van der Waals surface area contributed by atoms with E-state index >= 15 is 0 Å². The second kappa shape index (κ2) is 12.1. The molecule has 0 aromatic heterocycles. The van der Waals surface area contributed by atoms with E-state index in [1.807, 2.05) is 6.26 Å². The lowest BCUT2D eigenvalue weighted by Crippen LogP contribution is -2.57. The van der Waals surface area contributed by atoms with E-state index in [9.17, 15) is 19.2 Å². The standard InChI is InChI=1S/C16H28N4O6S2/c1-28-6-4-10(18-13(22)9(17)8-27)15(24)20-5-2-3-12(20)14(23)19-11(7-21)16(25)26/h9-12,21,27H,2-8,17H2,1H3,(H,18,22)(H,19,23)(H,25,26). The van der Waals surface area contributed by atoms with Gasteiger partial charge >= 0.3 is 5.97 Å². The number of rotatable bonds is 11. The number of hydrogen-bond donors (Lipinski definition) is 6. The van der Waals surface area contributed by atoms with Crippen molar-refractivity contribution >= 4 is 48.1 Å². The summed E-state index contributed by atoms with van der Waals surface area (Å²) >= 11 is 5.49. The summed E-state index contributed by atoms with van der Waals surface area (Å²) in [5, 5.41) is 22.9. The Hall–Kier alpha value is -1.50. The molecule has 6 N–H and O–H groups in total. The van der Waals surface area contributed by atoms with Crippen molar-refractivity contribution in [2.45, 2.75) is 43.4 Å². The normalized spacial score (nSPS) is 19.6. The summed E-state index contributed by atoms with van der Waals surface area (Å²) in [6, 6.07) is -3.99. The number of thiol groups is 1. The molecule has 1 fully saturated rings. The molecule has 1 rings (SSSR count). The lowest BCUT2D eigenvalue weighted by molar-refractivity contribution is -0.145. The Kier molecular flexibility index (Phi) is 10.6. The molecular formula is C16H28N4O6S2. The average molecular weight is 437 g/mol. The molecule has 0 bridgehead atoms. The third kappa shape index (κ3) is 6.83. The van der Waals surface area contributed by atoms with Crippen LogP contribution in [0.3, 0.4) is 0 Å². The van der Waals surface area contributed by atoms with Crippen molar-refractivity contribution in [1.82, 2.24) is 15.5 Å². The molecule has 1 aliphatic rings. The molecule has 3 amide bonds. The summed E-state index contributed by atoms with van der Waals surface area (Å²) in [7, 11) is 0. The predicted octanol–water partition coefficient (Wildman–Crippen LogP) is -1.97. The van der Waals surface area contributed by atoms with Gasteiger partial charge in [-0.2, -0.15) is 24.4 Å². The molecule has 0 spiro atoms. The number of carbonyl (C=O) groups is 4. The number of carboxylic acid groups (broad SMARTS) is 1. The van der Waals surface area contributed by atoms with Gasteiger partial charge < -0.3 is 31.5 Å². The fraction of sp³-hybridized carbons (Fsp3) is 0.750. The molecule has 4 unspecified atom stereocenters. The van der Waals surface area contributed by atoms with Crippen LogP contribution in [0.25, 0.3) is 0 Å². The van der Waals surface area contributed by atoms with E-state index < -0.39 is 54.5 Å². The van der Waals surface area contributed by atoms with E-state index in [-0.39, 0.29) is 5.75 Å². The molecule has 28 heavy (non-hydrogen) atoms. The molecule has 1 heterocycles. The van der Waals surface area contributed by atoms with Crippen molar-refractivity contribution in [3.8, 4) is 0 Å². The molecule has 10 nitrogen and oxygen atoms in total. The lowest BCUT2D eigenvalue weighted by Gasteiger charge is -2.29. The summed E-state index contributed by atoms with van der Waals surface area (Å²) in [5.41, 5.74) is 5.66. The first kappa shape index (κ1) is 24.5. The molecule has 0 aromatic carbocycles. The molecule has 0 aromatic rings. The van der Waals surface area contributed by atoms with E-state index in [4.69, 9.17) is 15.9 Å². The van der Waals surface area contributed by atoms with Gasteiger partial charge in [0.2, 0.25) is 17.7 Å². The maximum absolute atomic E-state index is 13.0. The highest BCUT2D eigenvalue weighted by Crippen LogP contribution is 2.20. The smallest absolute Gasteiger partial charge is 0.328 e. The van der Waals surface area contributed by atoms with E-state index in [0.29, 0.717) is 31.6 Å². The summed E-state index contributed by atoms with van der Waals surface area (Å²) in [4.78, 5) is 49.9. The molecule has 0 aliphatic carbocycles. The maximum Gasteiger partial charge on any atom is 0.328 e. The van der Waals surface area contributed by atoms with Crippen LogP contribution >= 0.6 is 24.4 Å². The molecule has 0 radical (unpaired) electrons. The zero-order chi connectivity index (χ0) is 21.3. The Balaban J connectivity index is 2.88. The van der Waals surface area contributed by atoms with Crippen LogP contribution in [0, 0.1) is 0 Å². The zero-order valence-electron chi connectivity index (χ0n) is 15.7. The Morgan fingerprint density at radius 2 is 1.96 bits per heavy atom. The van der Waals surface area contributed by atoms with Crippen molar-refractivity contribution in [3.63, 3.8) is 0 Å². The Bertz CT molecular complexity index is 579. The highest BCUT2D eigenvalue weighted by atomic mass is 32.2. The third-order valence-electron chi connectivity index (χ3n) is 4.39. The van der Waals surface area contributed by atoms with Gasteiger partial charge in [-0.05, 0) is 31.3 Å². The number of carbonyl (C=O) groups excluding carboxylic acids is 3. The SMILES string of the molecule is CSCCC(NC(=O)C(N)CS)C(=O)N1CCCC1C(=O)NC(CO)C(=O)O. The number of aliphatic hydroxyl groups excluding tert-OH is 1. The van der Waals surface area contributed by atoms with Gasteiger partial charge in [0, 0.05) is 12.3 Å². The van der Waals surface area contributed by atoms with Gasteiger partial charge in [-0.15, -0.1) is 0 Å². The van der Waals surface area contributed by atoms with E-state index in [1.54, 1.807) is 0 Å². The first-order valence-electron chi connectivity index (χ1n) is 8.87. The van der Waals surface area contributed by atoms with E-state index in [2.05, 4.69) is 23.3 Å². The van der Waals surface area contributed by atoms with Gasteiger partial charge in [0.05, 0.1) is 12.6 Å². The molecule has 4 atom stereocenters. The van der Waals surface area contributed by atoms with Crippen LogP contribution in [0.15, 0.2) is 0 Å². The fourth-order valence-electron chi connectivity index (χ4n) is 2.81. The predicted molar refractivity (Wildman–Crippen MR) is 108 cm³/mol. The number of thioether (sulfide) groups is 1. The molecule has 12 heteroatoms. The summed E-state index contributed by atoms with van der Waals surface area (Å²) in [6.07, 6.45) is 3.18. The van der Waals surface area contributed by atoms with Crippen LogP contribution in [0.4, 0.5) is 0 Å². The molecular weight excluding hydrogens is 408 g/mol. The summed E-state index contributed by atoms with van der Waals surface area (Å²) in [6.45, 7) is -0.437.